The van der Waals surface area contributed by atoms with Crippen LogP contribution < -0.4 is 4.74 Å². The molecule has 4 heteroatoms. The number of halogens is 2. The molecule has 0 saturated carbocycles. The smallest absolute Gasteiger partial charge is 0.129 e. The molecule has 0 aliphatic rings. The Morgan fingerprint density at radius 1 is 1.25 bits per heavy atom. The minimum Gasteiger partial charge on any atom is -0.488 e. The van der Waals surface area contributed by atoms with Crippen LogP contribution in [0.1, 0.15) is 29.7 Å². The van der Waals surface area contributed by atoms with Crippen LogP contribution in [0.15, 0.2) is 40.9 Å². The van der Waals surface area contributed by atoms with Gasteiger partial charge in [-0.2, -0.15) is 0 Å². The fourth-order valence-electron chi connectivity index (χ4n) is 1.92. The second-order valence-corrected chi connectivity index (χ2v) is 5.66. The molecule has 0 aromatic heterocycles. The quantitative estimate of drug-likeness (QED) is 0.887. The standard InChI is InChI=1S/C16H16BrFO2/c1-10-3-5-14(11(2)19)16(7-10)20-9-12-8-13(17)4-6-15(12)18/h3-8,11,19H,9H2,1-2H3/t11-/m1/s1. The van der Waals surface area contributed by atoms with Gasteiger partial charge in [-0.25, -0.2) is 4.39 Å². The Balaban J connectivity index is 2.22. The van der Waals surface area contributed by atoms with Crippen molar-refractivity contribution in [2.45, 2.75) is 26.6 Å². The van der Waals surface area contributed by atoms with Gasteiger partial charge in [0.2, 0.25) is 0 Å². The minimum absolute atomic E-state index is 0.119. The van der Waals surface area contributed by atoms with E-state index in [1.807, 2.05) is 25.1 Å². The highest BCUT2D eigenvalue weighted by Crippen LogP contribution is 2.27. The molecule has 0 radical (unpaired) electrons. The van der Waals surface area contributed by atoms with Crippen LogP contribution in [0.4, 0.5) is 4.39 Å². The third kappa shape index (κ3) is 3.58. The third-order valence-corrected chi connectivity index (χ3v) is 3.50. The number of ether oxygens (including phenoxy) is 1. The van der Waals surface area contributed by atoms with Crippen LogP contribution in [-0.4, -0.2) is 5.11 Å². The van der Waals surface area contributed by atoms with Crippen molar-refractivity contribution < 1.29 is 14.2 Å². The summed E-state index contributed by atoms with van der Waals surface area (Å²) in [7, 11) is 0. The lowest BCUT2D eigenvalue weighted by molar-refractivity contribution is 0.190. The first-order valence-electron chi connectivity index (χ1n) is 6.32. The molecule has 0 aliphatic heterocycles. The number of benzene rings is 2. The normalized spacial score (nSPS) is 12.2. The summed E-state index contributed by atoms with van der Waals surface area (Å²) in [4.78, 5) is 0. The van der Waals surface area contributed by atoms with E-state index in [1.165, 1.54) is 6.07 Å². The van der Waals surface area contributed by atoms with E-state index in [2.05, 4.69) is 15.9 Å². The van der Waals surface area contributed by atoms with Gasteiger partial charge >= 0.3 is 0 Å². The van der Waals surface area contributed by atoms with Crippen molar-refractivity contribution in [1.29, 1.82) is 0 Å². The molecule has 0 spiro atoms. The van der Waals surface area contributed by atoms with Gasteiger partial charge in [0.05, 0.1) is 6.10 Å². The van der Waals surface area contributed by atoms with Gasteiger partial charge in [-0.1, -0.05) is 28.1 Å². The first-order chi connectivity index (χ1) is 9.47. The molecular weight excluding hydrogens is 323 g/mol. The molecule has 0 heterocycles. The number of hydrogen-bond donors (Lipinski definition) is 1. The van der Waals surface area contributed by atoms with E-state index in [-0.39, 0.29) is 12.4 Å². The van der Waals surface area contributed by atoms with Gasteiger partial charge in [0.1, 0.15) is 18.2 Å². The summed E-state index contributed by atoms with van der Waals surface area (Å²) in [5.41, 5.74) is 2.20. The fraction of sp³-hybridized carbons (Fsp3) is 0.250. The maximum absolute atomic E-state index is 13.7. The van der Waals surface area contributed by atoms with Gasteiger partial charge in [-0.3, -0.25) is 0 Å². The van der Waals surface area contributed by atoms with Crippen molar-refractivity contribution in [3.63, 3.8) is 0 Å². The predicted octanol–water partition coefficient (Wildman–Crippen LogP) is 4.53. The first kappa shape index (κ1) is 15.0. The second-order valence-electron chi connectivity index (χ2n) is 4.74. The Labute approximate surface area is 126 Å². The van der Waals surface area contributed by atoms with Gasteiger partial charge in [0.15, 0.2) is 0 Å². The molecule has 0 fully saturated rings. The van der Waals surface area contributed by atoms with E-state index in [0.717, 1.165) is 10.0 Å². The Bertz CT molecular complexity index is 611. The van der Waals surface area contributed by atoms with E-state index in [4.69, 9.17) is 4.74 Å². The molecule has 20 heavy (non-hydrogen) atoms. The molecule has 0 aliphatic carbocycles. The summed E-state index contributed by atoms with van der Waals surface area (Å²) in [5.74, 6) is 0.277. The lowest BCUT2D eigenvalue weighted by Crippen LogP contribution is -2.03. The highest BCUT2D eigenvalue weighted by Gasteiger charge is 2.11. The SMILES string of the molecule is Cc1ccc([C@@H](C)O)c(OCc2cc(Br)ccc2F)c1. The molecule has 2 nitrogen and oxygen atoms in total. The van der Waals surface area contributed by atoms with E-state index in [9.17, 15) is 9.50 Å². The number of rotatable bonds is 4. The first-order valence-corrected chi connectivity index (χ1v) is 7.12. The van der Waals surface area contributed by atoms with Crippen LogP contribution in [0.5, 0.6) is 5.75 Å². The Hall–Kier alpha value is -1.39. The van der Waals surface area contributed by atoms with Crippen LogP contribution in [-0.2, 0) is 6.61 Å². The predicted molar refractivity (Wildman–Crippen MR) is 80.2 cm³/mol. The summed E-state index contributed by atoms with van der Waals surface area (Å²) in [6, 6.07) is 10.3. The molecule has 1 atom stereocenters. The van der Waals surface area contributed by atoms with Crippen LogP contribution in [0, 0.1) is 12.7 Å². The van der Waals surface area contributed by atoms with Crippen molar-refractivity contribution in [3.05, 3.63) is 63.4 Å². The van der Waals surface area contributed by atoms with Gasteiger partial charge in [-0.15, -0.1) is 0 Å². The molecule has 2 aromatic carbocycles. The van der Waals surface area contributed by atoms with Gasteiger partial charge < -0.3 is 9.84 Å². The van der Waals surface area contributed by atoms with Crippen molar-refractivity contribution in [3.8, 4) is 5.75 Å². The number of aliphatic hydroxyl groups excluding tert-OH is 1. The van der Waals surface area contributed by atoms with Gasteiger partial charge in [0.25, 0.3) is 0 Å². The lowest BCUT2D eigenvalue weighted by Gasteiger charge is -2.14. The average molecular weight is 339 g/mol. The number of hydrogen-bond acceptors (Lipinski definition) is 2. The van der Waals surface area contributed by atoms with E-state index in [1.54, 1.807) is 19.1 Å². The number of aryl methyl sites for hydroxylation is 1. The summed E-state index contributed by atoms with van der Waals surface area (Å²) >= 11 is 3.31. The highest BCUT2D eigenvalue weighted by atomic mass is 79.9. The topological polar surface area (TPSA) is 29.5 Å². The van der Waals surface area contributed by atoms with Gasteiger partial charge in [-0.05, 0) is 43.7 Å². The zero-order valence-electron chi connectivity index (χ0n) is 11.4. The van der Waals surface area contributed by atoms with Crippen LogP contribution in [0.25, 0.3) is 0 Å². The van der Waals surface area contributed by atoms with Crippen molar-refractivity contribution in [2.24, 2.45) is 0 Å². The Morgan fingerprint density at radius 3 is 2.70 bits per heavy atom. The zero-order valence-corrected chi connectivity index (χ0v) is 12.9. The Kier molecular flexibility index (Phi) is 4.78. The molecule has 0 bridgehead atoms. The molecule has 2 aromatic rings. The third-order valence-electron chi connectivity index (χ3n) is 3.01. The zero-order chi connectivity index (χ0) is 14.7. The van der Waals surface area contributed by atoms with Crippen LogP contribution in [0.2, 0.25) is 0 Å². The summed E-state index contributed by atoms with van der Waals surface area (Å²) in [6.07, 6.45) is -0.627. The van der Waals surface area contributed by atoms with E-state index < -0.39 is 6.10 Å². The molecule has 2 rings (SSSR count). The van der Waals surface area contributed by atoms with Crippen molar-refractivity contribution in [1.82, 2.24) is 0 Å². The highest BCUT2D eigenvalue weighted by molar-refractivity contribution is 9.10. The maximum atomic E-state index is 13.7. The van der Waals surface area contributed by atoms with Gasteiger partial charge in [0, 0.05) is 15.6 Å². The molecule has 0 saturated heterocycles. The maximum Gasteiger partial charge on any atom is 0.129 e. The Morgan fingerprint density at radius 2 is 2.00 bits per heavy atom. The lowest BCUT2D eigenvalue weighted by atomic mass is 10.1. The molecule has 0 amide bonds. The van der Waals surface area contributed by atoms with E-state index >= 15 is 0 Å². The molecule has 1 N–H and O–H groups in total. The largest absolute Gasteiger partial charge is 0.488 e. The van der Waals surface area contributed by atoms with E-state index in [0.29, 0.717) is 16.9 Å². The van der Waals surface area contributed by atoms with Crippen LogP contribution in [0.3, 0.4) is 0 Å². The summed E-state index contributed by atoms with van der Waals surface area (Å²) in [6.45, 7) is 3.74. The molecule has 0 unspecified atom stereocenters. The monoisotopic (exact) mass is 338 g/mol. The second kappa shape index (κ2) is 6.37. The molecule has 106 valence electrons. The minimum atomic E-state index is -0.627. The number of aliphatic hydroxyl groups is 1. The fourth-order valence-corrected chi connectivity index (χ4v) is 2.33. The van der Waals surface area contributed by atoms with Crippen molar-refractivity contribution in [2.75, 3.05) is 0 Å². The van der Waals surface area contributed by atoms with Crippen LogP contribution >= 0.6 is 15.9 Å². The molecular formula is C16H16BrFO2. The summed E-state index contributed by atoms with van der Waals surface area (Å²) < 4.78 is 20.1. The summed E-state index contributed by atoms with van der Waals surface area (Å²) in [5, 5.41) is 9.73. The average Bonchev–Trinajstić information content (AvgIpc) is 2.39. The van der Waals surface area contributed by atoms with Crippen molar-refractivity contribution >= 4 is 15.9 Å².